The zero-order valence-electron chi connectivity index (χ0n) is 11.3. The maximum atomic E-state index is 11.8. The zero-order chi connectivity index (χ0) is 16.0. The molecular weight excluding hydrogens is 313 g/mol. The van der Waals surface area contributed by atoms with Crippen molar-refractivity contribution in [3.63, 3.8) is 0 Å². The van der Waals surface area contributed by atoms with Crippen molar-refractivity contribution in [1.29, 1.82) is 5.26 Å². The molecular formula is C14H13Cl2N3O2. The normalized spacial score (nSPS) is 11.1. The molecule has 0 fully saturated rings. The molecule has 0 aromatic heterocycles. The molecule has 0 bridgehead atoms. The van der Waals surface area contributed by atoms with E-state index in [2.05, 4.69) is 11.9 Å². The van der Waals surface area contributed by atoms with Crippen LogP contribution in [0, 0.1) is 11.3 Å². The molecule has 7 heteroatoms. The molecule has 0 aliphatic heterocycles. The van der Waals surface area contributed by atoms with Crippen LogP contribution < -0.4 is 5.32 Å². The number of hydrogen-bond acceptors (Lipinski definition) is 3. The molecule has 1 N–H and O–H groups in total. The van der Waals surface area contributed by atoms with E-state index >= 15 is 0 Å². The fourth-order valence-corrected chi connectivity index (χ4v) is 1.84. The van der Waals surface area contributed by atoms with E-state index in [0.717, 1.165) is 6.08 Å². The Morgan fingerprint density at radius 2 is 2.14 bits per heavy atom. The number of carbonyl (C=O) groups excluding carboxylic acids is 2. The topological polar surface area (TPSA) is 73.2 Å². The van der Waals surface area contributed by atoms with Gasteiger partial charge in [0.15, 0.2) is 0 Å². The number of nitriles is 1. The second kappa shape index (κ2) is 7.67. The predicted molar refractivity (Wildman–Crippen MR) is 80.8 cm³/mol. The summed E-state index contributed by atoms with van der Waals surface area (Å²) in [4.78, 5) is 24.3. The van der Waals surface area contributed by atoms with Crippen molar-refractivity contribution in [2.75, 3.05) is 13.6 Å². The van der Waals surface area contributed by atoms with Gasteiger partial charge in [-0.1, -0.05) is 35.8 Å². The highest BCUT2D eigenvalue weighted by molar-refractivity contribution is 6.42. The Balaban J connectivity index is 2.76. The molecule has 0 saturated carbocycles. The maximum absolute atomic E-state index is 11.8. The molecule has 21 heavy (non-hydrogen) atoms. The van der Waals surface area contributed by atoms with Gasteiger partial charge in [-0.05, 0) is 23.8 Å². The van der Waals surface area contributed by atoms with E-state index in [9.17, 15) is 9.59 Å². The van der Waals surface area contributed by atoms with Gasteiger partial charge in [-0.3, -0.25) is 9.59 Å². The summed E-state index contributed by atoms with van der Waals surface area (Å²) in [6.07, 6.45) is 1.11. The van der Waals surface area contributed by atoms with E-state index < -0.39 is 11.9 Å². The molecule has 1 unspecified atom stereocenters. The van der Waals surface area contributed by atoms with Crippen LogP contribution in [0.25, 0.3) is 0 Å². The van der Waals surface area contributed by atoms with E-state index in [-0.39, 0.29) is 12.5 Å². The molecule has 0 spiro atoms. The Hall–Kier alpha value is -2.03. The summed E-state index contributed by atoms with van der Waals surface area (Å²) in [7, 11) is 1.46. The third kappa shape index (κ3) is 4.78. The predicted octanol–water partition coefficient (Wildman–Crippen LogP) is 2.32. The maximum Gasteiger partial charge on any atom is 0.246 e. The van der Waals surface area contributed by atoms with Crippen molar-refractivity contribution in [3.05, 3.63) is 46.5 Å². The molecule has 110 valence electrons. The first kappa shape index (κ1) is 17.0. The van der Waals surface area contributed by atoms with Gasteiger partial charge in [-0.25, -0.2) is 0 Å². The largest absolute Gasteiger partial charge is 0.335 e. The number of halogens is 2. The number of benzene rings is 1. The summed E-state index contributed by atoms with van der Waals surface area (Å²) in [6.45, 7) is 3.15. The number of nitrogens with one attached hydrogen (secondary N) is 1. The monoisotopic (exact) mass is 325 g/mol. The summed E-state index contributed by atoms with van der Waals surface area (Å²) in [5.41, 5.74) is 0.512. The standard InChI is InChI=1S/C14H13Cl2N3O2/c1-3-14(21)19(2)8-13(20)18-12(7-17)9-4-5-10(15)11(16)6-9/h3-6,12H,1,8H2,2H3,(H,18,20). The second-order valence-electron chi connectivity index (χ2n) is 4.20. The van der Waals surface area contributed by atoms with Crippen LogP contribution >= 0.6 is 23.2 Å². The van der Waals surface area contributed by atoms with Gasteiger partial charge in [-0.2, -0.15) is 5.26 Å². The molecule has 1 atom stereocenters. The number of hydrogen-bond donors (Lipinski definition) is 1. The zero-order valence-corrected chi connectivity index (χ0v) is 12.8. The lowest BCUT2D eigenvalue weighted by molar-refractivity contribution is -0.131. The van der Waals surface area contributed by atoms with Crippen LogP contribution in [0.2, 0.25) is 10.0 Å². The first-order chi connectivity index (χ1) is 9.88. The van der Waals surface area contributed by atoms with Crippen LogP contribution in [0.1, 0.15) is 11.6 Å². The van der Waals surface area contributed by atoms with Crippen molar-refractivity contribution >= 4 is 35.0 Å². The van der Waals surface area contributed by atoms with E-state index in [4.69, 9.17) is 28.5 Å². The van der Waals surface area contributed by atoms with Crippen molar-refractivity contribution in [2.24, 2.45) is 0 Å². The molecule has 1 aromatic rings. The average Bonchev–Trinajstić information content (AvgIpc) is 2.46. The minimum Gasteiger partial charge on any atom is -0.335 e. The fraction of sp³-hybridized carbons (Fsp3) is 0.214. The summed E-state index contributed by atoms with van der Waals surface area (Å²) in [5, 5.41) is 12.3. The quantitative estimate of drug-likeness (QED) is 0.844. The summed E-state index contributed by atoms with van der Waals surface area (Å²) < 4.78 is 0. The van der Waals surface area contributed by atoms with Crippen molar-refractivity contribution < 1.29 is 9.59 Å². The highest BCUT2D eigenvalue weighted by Gasteiger charge is 2.17. The van der Waals surface area contributed by atoms with Crippen molar-refractivity contribution in [3.8, 4) is 6.07 Å². The lowest BCUT2D eigenvalue weighted by Gasteiger charge is -2.17. The minimum absolute atomic E-state index is 0.176. The van der Waals surface area contributed by atoms with E-state index in [1.54, 1.807) is 12.1 Å². The molecule has 0 radical (unpaired) electrons. The van der Waals surface area contributed by atoms with Gasteiger partial charge in [0, 0.05) is 7.05 Å². The smallest absolute Gasteiger partial charge is 0.246 e. The van der Waals surface area contributed by atoms with Crippen LogP contribution in [-0.4, -0.2) is 30.3 Å². The minimum atomic E-state index is -0.875. The lowest BCUT2D eigenvalue weighted by Crippen LogP contribution is -2.38. The lowest BCUT2D eigenvalue weighted by atomic mass is 10.1. The summed E-state index contributed by atoms with van der Waals surface area (Å²) >= 11 is 11.7. The molecule has 0 aliphatic carbocycles. The van der Waals surface area contributed by atoms with Gasteiger partial charge in [0.25, 0.3) is 0 Å². The van der Waals surface area contributed by atoms with Crippen LogP contribution in [-0.2, 0) is 9.59 Å². The highest BCUT2D eigenvalue weighted by Crippen LogP contribution is 2.25. The van der Waals surface area contributed by atoms with Crippen molar-refractivity contribution in [2.45, 2.75) is 6.04 Å². The van der Waals surface area contributed by atoms with E-state index in [1.807, 2.05) is 6.07 Å². The molecule has 5 nitrogen and oxygen atoms in total. The average molecular weight is 326 g/mol. The second-order valence-corrected chi connectivity index (χ2v) is 5.02. The van der Waals surface area contributed by atoms with Crippen LogP contribution in [0.4, 0.5) is 0 Å². The van der Waals surface area contributed by atoms with Gasteiger partial charge in [0.1, 0.15) is 6.04 Å². The number of carbonyl (C=O) groups is 2. The highest BCUT2D eigenvalue weighted by atomic mass is 35.5. The molecule has 2 amide bonds. The molecule has 1 aromatic carbocycles. The summed E-state index contributed by atoms with van der Waals surface area (Å²) in [5.74, 6) is -0.849. The third-order valence-electron chi connectivity index (χ3n) is 2.64. The van der Waals surface area contributed by atoms with Crippen LogP contribution in [0.3, 0.4) is 0 Å². The number of likely N-dealkylation sites (N-methyl/N-ethyl adjacent to an activating group) is 1. The SMILES string of the molecule is C=CC(=O)N(C)CC(=O)NC(C#N)c1ccc(Cl)c(Cl)c1. The Bertz CT molecular complexity index is 611. The number of nitrogens with zero attached hydrogens (tertiary/aromatic N) is 2. The first-order valence-electron chi connectivity index (χ1n) is 5.90. The molecule has 0 aliphatic rings. The van der Waals surface area contributed by atoms with E-state index in [1.165, 1.54) is 18.0 Å². The number of rotatable bonds is 5. The number of amides is 2. The Morgan fingerprint density at radius 3 is 2.67 bits per heavy atom. The van der Waals surface area contributed by atoms with Crippen LogP contribution in [0.15, 0.2) is 30.9 Å². The Labute approximate surface area is 132 Å². The molecule has 0 saturated heterocycles. The van der Waals surface area contributed by atoms with Gasteiger partial charge < -0.3 is 10.2 Å². The molecule has 0 heterocycles. The Morgan fingerprint density at radius 1 is 1.48 bits per heavy atom. The fourth-order valence-electron chi connectivity index (χ4n) is 1.54. The first-order valence-corrected chi connectivity index (χ1v) is 6.66. The van der Waals surface area contributed by atoms with Gasteiger partial charge in [0.2, 0.25) is 11.8 Å². The Kier molecular flexibility index (Phi) is 6.22. The van der Waals surface area contributed by atoms with E-state index in [0.29, 0.717) is 15.6 Å². The third-order valence-corrected chi connectivity index (χ3v) is 3.38. The van der Waals surface area contributed by atoms with Gasteiger partial charge in [0.05, 0.1) is 22.7 Å². The van der Waals surface area contributed by atoms with Gasteiger partial charge >= 0.3 is 0 Å². The summed E-state index contributed by atoms with van der Waals surface area (Å²) in [6, 6.07) is 5.73. The van der Waals surface area contributed by atoms with Gasteiger partial charge in [-0.15, -0.1) is 0 Å². The van der Waals surface area contributed by atoms with Crippen molar-refractivity contribution in [1.82, 2.24) is 10.2 Å². The van der Waals surface area contributed by atoms with Crippen LogP contribution in [0.5, 0.6) is 0 Å². The molecule has 1 rings (SSSR count).